The Labute approximate surface area is 202 Å². The Morgan fingerprint density at radius 2 is 2.00 bits per heavy atom. The van der Waals surface area contributed by atoms with Gasteiger partial charge in [0.15, 0.2) is 0 Å². The monoisotopic (exact) mass is 525 g/mol. The molecule has 2 aliphatic rings. The number of nitrogens with zero attached hydrogens (tertiary/aromatic N) is 1. The zero-order valence-electron chi connectivity index (χ0n) is 17.4. The van der Waals surface area contributed by atoms with Crippen LogP contribution >= 0.6 is 34.8 Å². The molecule has 13 heteroatoms. The first-order chi connectivity index (χ1) is 15.1. The van der Waals surface area contributed by atoms with Gasteiger partial charge in [0.2, 0.25) is 15.9 Å². The van der Waals surface area contributed by atoms with Crippen LogP contribution in [0.3, 0.4) is 0 Å². The Bertz CT molecular complexity index is 964. The highest BCUT2D eigenvalue weighted by Gasteiger charge is 2.35. The van der Waals surface area contributed by atoms with Crippen molar-refractivity contribution in [1.29, 1.82) is 0 Å². The molecule has 3 rings (SSSR count). The highest BCUT2D eigenvalue weighted by Crippen LogP contribution is 2.22. The maximum atomic E-state index is 12.9. The van der Waals surface area contributed by atoms with Crippen molar-refractivity contribution in [2.75, 3.05) is 31.5 Å². The largest absolute Gasteiger partial charge is 0.324 e. The molecule has 178 valence electrons. The van der Waals surface area contributed by atoms with Crippen LogP contribution in [-0.2, 0) is 19.6 Å². The summed E-state index contributed by atoms with van der Waals surface area (Å²) in [4.78, 5) is 24.6. The number of hydrazine groups is 1. The summed E-state index contributed by atoms with van der Waals surface area (Å²) >= 11 is 18.2. The Morgan fingerprint density at radius 1 is 1.25 bits per heavy atom. The van der Waals surface area contributed by atoms with E-state index in [2.05, 4.69) is 20.8 Å². The Hall–Kier alpha value is -1.14. The van der Waals surface area contributed by atoms with Crippen LogP contribution in [-0.4, -0.2) is 73.6 Å². The van der Waals surface area contributed by atoms with Gasteiger partial charge in [0, 0.05) is 24.8 Å². The Kier molecular flexibility index (Phi) is 8.65. The summed E-state index contributed by atoms with van der Waals surface area (Å²) in [6.07, 6.45) is 1.78. The first kappa shape index (κ1) is 25.5. The van der Waals surface area contributed by atoms with Crippen LogP contribution in [0.25, 0.3) is 0 Å². The minimum Gasteiger partial charge on any atom is -0.324 e. The van der Waals surface area contributed by atoms with E-state index in [0.717, 1.165) is 24.4 Å². The van der Waals surface area contributed by atoms with Gasteiger partial charge in [-0.2, -0.15) is 0 Å². The lowest BCUT2D eigenvalue weighted by molar-refractivity contribution is -0.139. The van der Waals surface area contributed by atoms with Crippen LogP contribution in [0, 0.1) is 6.92 Å². The molecule has 0 bridgehead atoms. The van der Waals surface area contributed by atoms with E-state index in [-0.39, 0.29) is 41.6 Å². The second-order valence-corrected chi connectivity index (χ2v) is 11.1. The van der Waals surface area contributed by atoms with Crippen molar-refractivity contribution >= 4 is 62.3 Å². The predicted octanol–water partition coefficient (Wildman–Crippen LogP) is 1.13. The number of benzene rings is 1. The molecule has 2 fully saturated rings. The van der Waals surface area contributed by atoms with Crippen LogP contribution < -0.4 is 20.8 Å². The minimum absolute atomic E-state index is 0.0511. The fourth-order valence-corrected chi connectivity index (χ4v) is 5.56. The number of aryl methyl sites for hydroxylation is 1. The van der Waals surface area contributed by atoms with Crippen LogP contribution in [0.2, 0.25) is 0 Å². The molecule has 0 spiro atoms. The van der Waals surface area contributed by atoms with Gasteiger partial charge in [-0.05, 0) is 44.0 Å². The summed E-state index contributed by atoms with van der Waals surface area (Å²) in [5.41, 5.74) is 3.56. The molecule has 1 aromatic carbocycles. The molecule has 4 N–H and O–H groups in total. The molecule has 9 nitrogen and oxygen atoms in total. The van der Waals surface area contributed by atoms with Crippen molar-refractivity contribution in [2.45, 2.75) is 46.8 Å². The van der Waals surface area contributed by atoms with E-state index < -0.39 is 32.6 Å². The van der Waals surface area contributed by atoms with Crippen molar-refractivity contribution in [3.8, 4) is 0 Å². The van der Waals surface area contributed by atoms with Crippen LogP contribution in [0.1, 0.15) is 18.4 Å². The van der Waals surface area contributed by atoms with Crippen molar-refractivity contribution in [3.63, 3.8) is 0 Å². The first-order valence-electron chi connectivity index (χ1n) is 10.2. The molecule has 0 radical (unpaired) electrons. The number of alkyl halides is 3. The summed E-state index contributed by atoms with van der Waals surface area (Å²) in [7, 11) is -3.83. The number of carbonyl (C=O) groups excluding carboxylic acids is 2. The molecule has 0 aromatic heterocycles. The lowest BCUT2D eigenvalue weighted by Gasteiger charge is -2.32. The lowest BCUT2D eigenvalue weighted by atomic mass is 10.1. The molecule has 2 saturated heterocycles. The standard InChI is InChI=1S/C19H26Cl3N5O4S/c1-11-4-5-12(26-17(28)10-27-19(29)18(22)14(21)8-24-27)7-16(11)32(30,31)25-9-15-13(20)3-2-6-23-15/h4-5,7,13-15,18,23-25H,2-3,6,8-10H2,1H3,(H,26,28). The number of sulfonamides is 1. The topological polar surface area (TPSA) is 120 Å². The van der Waals surface area contributed by atoms with Gasteiger partial charge in [0.25, 0.3) is 5.91 Å². The third-order valence-electron chi connectivity index (χ3n) is 5.35. The van der Waals surface area contributed by atoms with Crippen molar-refractivity contribution in [1.82, 2.24) is 20.5 Å². The summed E-state index contributed by atoms with van der Waals surface area (Å²) in [5, 5.41) is 5.28. The fraction of sp³-hybridized carbons (Fsp3) is 0.579. The first-order valence-corrected chi connectivity index (χ1v) is 13.0. The van der Waals surface area contributed by atoms with E-state index >= 15 is 0 Å². The van der Waals surface area contributed by atoms with Gasteiger partial charge < -0.3 is 10.6 Å². The van der Waals surface area contributed by atoms with Gasteiger partial charge in [-0.25, -0.2) is 18.6 Å². The quantitative estimate of drug-likeness (QED) is 0.396. The van der Waals surface area contributed by atoms with E-state index in [1.165, 1.54) is 6.07 Å². The second kappa shape index (κ2) is 10.9. The van der Waals surface area contributed by atoms with Crippen molar-refractivity contribution in [2.24, 2.45) is 0 Å². The molecule has 0 saturated carbocycles. The highest BCUT2D eigenvalue weighted by atomic mass is 35.5. The predicted molar refractivity (Wildman–Crippen MR) is 125 cm³/mol. The molecule has 1 aromatic rings. The van der Waals surface area contributed by atoms with E-state index in [9.17, 15) is 18.0 Å². The molecule has 2 heterocycles. The molecular formula is C19H26Cl3N5O4S. The van der Waals surface area contributed by atoms with Gasteiger partial charge in [0.1, 0.15) is 11.9 Å². The molecule has 0 aliphatic carbocycles. The number of halogens is 3. The van der Waals surface area contributed by atoms with Crippen LogP contribution in [0.5, 0.6) is 0 Å². The molecule has 32 heavy (non-hydrogen) atoms. The summed E-state index contributed by atoms with van der Waals surface area (Å²) in [5.74, 6) is -1.02. The maximum Gasteiger partial charge on any atom is 0.256 e. The second-order valence-electron chi connectivity index (χ2n) is 7.80. The number of rotatable bonds is 7. The number of carbonyl (C=O) groups is 2. The molecule has 4 atom stereocenters. The highest BCUT2D eigenvalue weighted by molar-refractivity contribution is 7.89. The Morgan fingerprint density at radius 3 is 2.72 bits per heavy atom. The number of anilines is 1. The molecule has 4 unspecified atom stereocenters. The SMILES string of the molecule is Cc1ccc(NC(=O)CN2NCC(Cl)C(Cl)C2=O)cc1S(=O)(=O)NCC1NCCCC1Cl. The van der Waals surface area contributed by atoms with Gasteiger partial charge in [0.05, 0.1) is 15.6 Å². The average molecular weight is 527 g/mol. The smallest absolute Gasteiger partial charge is 0.256 e. The zero-order valence-corrected chi connectivity index (χ0v) is 20.5. The summed E-state index contributed by atoms with van der Waals surface area (Å²) in [6.45, 7) is 2.57. The van der Waals surface area contributed by atoms with Crippen LogP contribution in [0.15, 0.2) is 23.1 Å². The van der Waals surface area contributed by atoms with Gasteiger partial charge in [-0.3, -0.25) is 14.6 Å². The molecular weight excluding hydrogens is 501 g/mol. The van der Waals surface area contributed by atoms with E-state index in [1.807, 2.05) is 0 Å². The van der Waals surface area contributed by atoms with E-state index in [4.69, 9.17) is 34.8 Å². The van der Waals surface area contributed by atoms with Gasteiger partial charge in [-0.15, -0.1) is 34.8 Å². The van der Waals surface area contributed by atoms with Crippen molar-refractivity contribution < 1.29 is 18.0 Å². The fourth-order valence-electron chi connectivity index (χ4n) is 3.52. The number of hydrogen-bond donors (Lipinski definition) is 4. The molecule has 2 aliphatic heterocycles. The van der Waals surface area contributed by atoms with Crippen molar-refractivity contribution in [3.05, 3.63) is 23.8 Å². The number of amides is 2. The van der Waals surface area contributed by atoms with E-state index in [0.29, 0.717) is 5.56 Å². The zero-order chi connectivity index (χ0) is 23.5. The summed E-state index contributed by atoms with van der Waals surface area (Å²) < 4.78 is 28.4. The lowest BCUT2D eigenvalue weighted by Crippen LogP contribution is -2.58. The maximum absolute atomic E-state index is 12.9. The minimum atomic E-state index is -3.83. The number of nitrogens with one attached hydrogen (secondary N) is 4. The van der Waals surface area contributed by atoms with Gasteiger partial charge in [-0.1, -0.05) is 6.07 Å². The average Bonchev–Trinajstić information content (AvgIpc) is 2.75. The number of piperidine rings is 1. The van der Waals surface area contributed by atoms with Gasteiger partial charge >= 0.3 is 0 Å². The number of hydrogen-bond acceptors (Lipinski definition) is 6. The Balaban J connectivity index is 1.64. The van der Waals surface area contributed by atoms with Crippen LogP contribution in [0.4, 0.5) is 5.69 Å². The van der Waals surface area contributed by atoms with E-state index in [1.54, 1.807) is 19.1 Å². The molecule has 2 amide bonds. The normalized spacial score (nSPS) is 26.8. The third kappa shape index (κ3) is 6.25. The summed E-state index contributed by atoms with van der Waals surface area (Å²) in [6, 6.07) is 4.42. The third-order valence-corrected chi connectivity index (χ3v) is 8.47.